The van der Waals surface area contributed by atoms with Crippen LogP contribution >= 0.6 is 11.3 Å². The molecule has 0 saturated carbocycles. The van der Waals surface area contributed by atoms with E-state index in [9.17, 15) is 13.2 Å². The summed E-state index contributed by atoms with van der Waals surface area (Å²) >= 11 is 1.42. The van der Waals surface area contributed by atoms with Gasteiger partial charge in [-0.2, -0.15) is 0 Å². The van der Waals surface area contributed by atoms with Crippen molar-refractivity contribution in [2.75, 3.05) is 7.05 Å². The Kier molecular flexibility index (Phi) is 5.42. The summed E-state index contributed by atoms with van der Waals surface area (Å²) in [6.07, 6.45) is 0.799. The highest BCUT2D eigenvalue weighted by molar-refractivity contribution is 7.89. The molecule has 0 radical (unpaired) electrons. The standard InChI is InChI=1S/C16H21N3O3S2/c1-5-14-18-10(2)15(23-14)16(20)19(4)11(3)12-6-8-13(9-7-12)24(17,21)22/h6-9,11H,5H2,1-4H3,(H2,17,21,22)/t11-/m0/s1. The normalized spacial score (nSPS) is 12.9. The van der Waals surface area contributed by atoms with Crippen LogP contribution in [0.15, 0.2) is 29.2 Å². The van der Waals surface area contributed by atoms with E-state index in [0.29, 0.717) is 4.88 Å². The number of primary sulfonamides is 1. The Morgan fingerprint density at radius 1 is 1.33 bits per heavy atom. The number of amides is 1. The Morgan fingerprint density at radius 2 is 1.92 bits per heavy atom. The fourth-order valence-corrected chi connectivity index (χ4v) is 3.80. The molecule has 1 aromatic carbocycles. The number of aromatic nitrogens is 1. The predicted octanol–water partition coefficient (Wildman–Crippen LogP) is 2.49. The van der Waals surface area contributed by atoms with Crippen LogP contribution in [0, 0.1) is 6.92 Å². The number of rotatable bonds is 5. The van der Waals surface area contributed by atoms with Gasteiger partial charge >= 0.3 is 0 Å². The van der Waals surface area contributed by atoms with E-state index in [1.165, 1.54) is 23.5 Å². The van der Waals surface area contributed by atoms with Gasteiger partial charge in [-0.05, 0) is 38.0 Å². The molecule has 0 fully saturated rings. The molecule has 2 rings (SSSR count). The lowest BCUT2D eigenvalue weighted by Gasteiger charge is -2.25. The third-order valence-electron chi connectivity index (χ3n) is 3.93. The summed E-state index contributed by atoms with van der Waals surface area (Å²) < 4.78 is 22.6. The Morgan fingerprint density at radius 3 is 2.38 bits per heavy atom. The number of hydrogen-bond donors (Lipinski definition) is 1. The highest BCUT2D eigenvalue weighted by Crippen LogP contribution is 2.26. The van der Waals surface area contributed by atoms with Gasteiger partial charge in [-0.3, -0.25) is 4.79 Å². The third-order valence-corrected chi connectivity index (χ3v) is 6.15. The zero-order valence-electron chi connectivity index (χ0n) is 14.1. The van der Waals surface area contributed by atoms with Gasteiger partial charge in [-0.1, -0.05) is 19.1 Å². The number of carbonyl (C=O) groups excluding carboxylic acids is 1. The molecule has 0 spiro atoms. The summed E-state index contributed by atoms with van der Waals surface area (Å²) in [5, 5.41) is 6.04. The van der Waals surface area contributed by atoms with Crippen molar-refractivity contribution in [3.05, 3.63) is 45.4 Å². The summed E-state index contributed by atoms with van der Waals surface area (Å²) in [5.41, 5.74) is 1.57. The average Bonchev–Trinajstić information content (AvgIpc) is 2.93. The van der Waals surface area contributed by atoms with Gasteiger partial charge in [0.05, 0.1) is 21.6 Å². The summed E-state index contributed by atoms with van der Waals surface area (Å²) in [5.74, 6) is -0.0901. The van der Waals surface area contributed by atoms with Crippen molar-refractivity contribution in [2.24, 2.45) is 5.14 Å². The smallest absolute Gasteiger partial charge is 0.266 e. The Labute approximate surface area is 146 Å². The monoisotopic (exact) mass is 367 g/mol. The van der Waals surface area contributed by atoms with E-state index in [0.717, 1.165) is 22.7 Å². The molecule has 6 nitrogen and oxygen atoms in total. The molecule has 130 valence electrons. The summed E-state index contributed by atoms with van der Waals surface area (Å²) in [6.45, 7) is 5.73. The van der Waals surface area contributed by atoms with Gasteiger partial charge in [0.15, 0.2) is 0 Å². The van der Waals surface area contributed by atoms with Gasteiger partial charge in [0, 0.05) is 7.05 Å². The fourth-order valence-electron chi connectivity index (χ4n) is 2.30. The van der Waals surface area contributed by atoms with Gasteiger partial charge in [0.2, 0.25) is 10.0 Å². The number of benzene rings is 1. The van der Waals surface area contributed by atoms with Gasteiger partial charge in [0.1, 0.15) is 4.88 Å². The molecule has 2 aromatic rings. The number of carbonyl (C=O) groups is 1. The van der Waals surface area contributed by atoms with Crippen LogP contribution in [0.4, 0.5) is 0 Å². The number of aryl methyl sites for hydroxylation is 2. The minimum atomic E-state index is -3.72. The summed E-state index contributed by atoms with van der Waals surface area (Å²) in [4.78, 5) is 19.4. The highest BCUT2D eigenvalue weighted by Gasteiger charge is 2.23. The van der Waals surface area contributed by atoms with Crippen LogP contribution in [-0.2, 0) is 16.4 Å². The molecule has 1 atom stereocenters. The van der Waals surface area contributed by atoms with Crippen LogP contribution in [-0.4, -0.2) is 31.3 Å². The lowest BCUT2D eigenvalue weighted by molar-refractivity contribution is 0.0746. The Balaban J connectivity index is 2.23. The van der Waals surface area contributed by atoms with E-state index in [1.54, 1.807) is 24.1 Å². The minimum Gasteiger partial charge on any atom is -0.334 e. The molecule has 2 N–H and O–H groups in total. The first kappa shape index (κ1) is 18.6. The van der Waals surface area contributed by atoms with Crippen LogP contribution in [0.25, 0.3) is 0 Å². The lowest BCUT2D eigenvalue weighted by atomic mass is 10.1. The summed E-state index contributed by atoms with van der Waals surface area (Å²) in [7, 11) is -1.99. The van der Waals surface area contributed by atoms with Crippen molar-refractivity contribution in [1.82, 2.24) is 9.88 Å². The van der Waals surface area contributed by atoms with E-state index < -0.39 is 10.0 Å². The second-order valence-electron chi connectivity index (χ2n) is 5.58. The molecule has 24 heavy (non-hydrogen) atoms. The highest BCUT2D eigenvalue weighted by atomic mass is 32.2. The largest absolute Gasteiger partial charge is 0.334 e. The maximum atomic E-state index is 12.7. The predicted molar refractivity (Wildman–Crippen MR) is 94.6 cm³/mol. The summed E-state index contributed by atoms with van der Waals surface area (Å²) in [6, 6.07) is 6.04. The van der Waals surface area contributed by atoms with Crippen molar-refractivity contribution in [1.29, 1.82) is 0 Å². The number of nitrogens with zero attached hydrogens (tertiary/aromatic N) is 2. The van der Waals surface area contributed by atoms with Crippen molar-refractivity contribution < 1.29 is 13.2 Å². The zero-order valence-corrected chi connectivity index (χ0v) is 15.7. The quantitative estimate of drug-likeness (QED) is 0.878. The molecule has 0 bridgehead atoms. The van der Waals surface area contributed by atoms with Gasteiger partial charge in [0.25, 0.3) is 5.91 Å². The maximum absolute atomic E-state index is 12.7. The Bertz CT molecular complexity index is 842. The average molecular weight is 367 g/mol. The van der Waals surface area contributed by atoms with Crippen LogP contribution in [0.1, 0.15) is 45.8 Å². The molecule has 0 aliphatic rings. The SMILES string of the molecule is CCc1nc(C)c(C(=O)N(C)[C@@H](C)c2ccc(S(N)(=O)=O)cc2)s1. The van der Waals surface area contributed by atoms with E-state index in [1.807, 2.05) is 20.8 Å². The molecule has 0 aliphatic heterocycles. The zero-order chi connectivity index (χ0) is 18.1. The first-order valence-electron chi connectivity index (χ1n) is 7.51. The van der Waals surface area contributed by atoms with Gasteiger partial charge in [-0.25, -0.2) is 18.5 Å². The second kappa shape index (κ2) is 7.00. The Hall–Kier alpha value is -1.77. The van der Waals surface area contributed by atoms with Crippen LogP contribution in [0.3, 0.4) is 0 Å². The first-order chi connectivity index (χ1) is 11.1. The molecule has 0 unspecified atom stereocenters. The number of hydrogen-bond acceptors (Lipinski definition) is 5. The van der Waals surface area contributed by atoms with Crippen molar-refractivity contribution in [3.8, 4) is 0 Å². The first-order valence-corrected chi connectivity index (χ1v) is 9.87. The topological polar surface area (TPSA) is 93.4 Å². The second-order valence-corrected chi connectivity index (χ2v) is 8.23. The number of thiazole rings is 1. The molecule has 0 aliphatic carbocycles. The van der Waals surface area contributed by atoms with Crippen LogP contribution < -0.4 is 5.14 Å². The third kappa shape index (κ3) is 3.82. The number of nitrogens with two attached hydrogens (primary N) is 1. The molecule has 1 amide bonds. The molecular weight excluding hydrogens is 346 g/mol. The van der Waals surface area contributed by atoms with Crippen LogP contribution in [0.2, 0.25) is 0 Å². The molecule has 0 saturated heterocycles. The minimum absolute atomic E-state index is 0.0540. The van der Waals surface area contributed by atoms with E-state index in [-0.39, 0.29) is 16.8 Å². The molecular formula is C16H21N3O3S2. The van der Waals surface area contributed by atoms with E-state index >= 15 is 0 Å². The molecule has 1 heterocycles. The van der Waals surface area contributed by atoms with Crippen molar-refractivity contribution >= 4 is 27.3 Å². The molecule has 1 aromatic heterocycles. The number of sulfonamides is 1. The lowest BCUT2D eigenvalue weighted by Crippen LogP contribution is -2.29. The van der Waals surface area contributed by atoms with E-state index in [4.69, 9.17) is 5.14 Å². The maximum Gasteiger partial charge on any atom is 0.266 e. The van der Waals surface area contributed by atoms with Gasteiger partial charge in [-0.15, -0.1) is 11.3 Å². The fraction of sp³-hybridized carbons (Fsp3) is 0.375. The van der Waals surface area contributed by atoms with Gasteiger partial charge < -0.3 is 4.90 Å². The van der Waals surface area contributed by atoms with Crippen molar-refractivity contribution in [2.45, 2.75) is 38.1 Å². The van der Waals surface area contributed by atoms with Crippen molar-refractivity contribution in [3.63, 3.8) is 0 Å². The van der Waals surface area contributed by atoms with Crippen LogP contribution in [0.5, 0.6) is 0 Å². The van der Waals surface area contributed by atoms with E-state index in [2.05, 4.69) is 4.98 Å². The molecule has 8 heteroatoms.